The number of aliphatic hydroxyl groups excluding tert-OH is 1. The van der Waals surface area contributed by atoms with Crippen LogP contribution in [-0.4, -0.2) is 88.5 Å². The fraction of sp³-hybridized carbons (Fsp3) is 0.714. The van der Waals surface area contributed by atoms with Crippen molar-refractivity contribution in [1.29, 1.82) is 0 Å². The number of aliphatic hydroxyl groups is 2. The molecule has 208 valence electrons. The first-order valence-corrected chi connectivity index (χ1v) is 13.6. The summed E-state index contributed by atoms with van der Waals surface area (Å²) in [7, 11) is -4.07. The van der Waals surface area contributed by atoms with Crippen LogP contribution in [0.15, 0.2) is 17.1 Å². The van der Waals surface area contributed by atoms with Crippen molar-refractivity contribution in [3.63, 3.8) is 0 Å². The van der Waals surface area contributed by atoms with Gasteiger partial charge >= 0.3 is 25.3 Å². The molecule has 1 saturated carbocycles. The molecule has 5 N–H and O–H groups in total. The van der Waals surface area contributed by atoms with Gasteiger partial charge in [-0.2, -0.15) is 4.98 Å². The van der Waals surface area contributed by atoms with E-state index in [-0.39, 0.29) is 19.3 Å². The number of hydrogen-bond donors (Lipinski definition) is 5. The number of carbonyl (C=O) groups excluding carboxylic acids is 2. The molecule has 0 spiro atoms. The number of anilines is 1. The summed E-state index contributed by atoms with van der Waals surface area (Å²) in [4.78, 5) is 40.0. The second kappa shape index (κ2) is 12.4. The lowest BCUT2D eigenvalue weighted by Gasteiger charge is -2.27. The molecule has 0 aromatic carbocycles. The SMILES string of the molecule is CCOC(=O)CNP(=O)(NCC(=O)OCC)OC[C@H]1O[C@H](n2ccc(NC3CC3)nc2=O)C(C)(O)C1O. The van der Waals surface area contributed by atoms with Crippen molar-refractivity contribution in [3.05, 3.63) is 22.7 Å². The van der Waals surface area contributed by atoms with Gasteiger partial charge in [-0.1, -0.05) is 0 Å². The Hall–Kier alpha value is -2.39. The molecule has 1 saturated heterocycles. The molecule has 3 rings (SSSR count). The van der Waals surface area contributed by atoms with Crippen molar-refractivity contribution >= 4 is 25.4 Å². The molecule has 0 amide bonds. The Morgan fingerprint density at radius 3 is 2.32 bits per heavy atom. The zero-order chi connectivity index (χ0) is 27.2. The first kappa shape index (κ1) is 29.2. The van der Waals surface area contributed by atoms with Gasteiger partial charge in [0.15, 0.2) is 6.23 Å². The normalized spacial score (nSPS) is 25.6. The van der Waals surface area contributed by atoms with Crippen LogP contribution in [0.3, 0.4) is 0 Å². The fourth-order valence-corrected chi connectivity index (χ4v) is 4.90. The van der Waals surface area contributed by atoms with E-state index in [4.69, 9.17) is 18.7 Å². The molecule has 2 aliphatic rings. The molecule has 1 aromatic rings. The number of hydrogen-bond acceptors (Lipinski definition) is 12. The zero-order valence-corrected chi connectivity index (χ0v) is 21.8. The zero-order valence-electron chi connectivity index (χ0n) is 20.9. The number of esters is 2. The summed E-state index contributed by atoms with van der Waals surface area (Å²) in [6, 6.07) is 1.84. The third kappa shape index (κ3) is 7.80. The highest BCUT2D eigenvalue weighted by molar-refractivity contribution is 7.54. The number of rotatable bonds is 14. The summed E-state index contributed by atoms with van der Waals surface area (Å²) in [6.45, 7) is 3.15. The van der Waals surface area contributed by atoms with Crippen molar-refractivity contribution < 1.29 is 43.1 Å². The second-order valence-corrected chi connectivity index (χ2v) is 10.7. The number of nitrogens with one attached hydrogen (secondary N) is 3. The summed E-state index contributed by atoms with van der Waals surface area (Å²) >= 11 is 0. The van der Waals surface area contributed by atoms with Crippen LogP contribution in [0, 0.1) is 0 Å². The third-order valence-corrected chi connectivity index (χ3v) is 7.32. The van der Waals surface area contributed by atoms with Crippen LogP contribution < -0.4 is 21.2 Å². The Morgan fingerprint density at radius 1 is 1.22 bits per heavy atom. The summed E-state index contributed by atoms with van der Waals surface area (Å²) in [6.07, 6.45) is -0.749. The fourth-order valence-electron chi connectivity index (χ4n) is 3.57. The highest BCUT2D eigenvalue weighted by atomic mass is 31.2. The van der Waals surface area contributed by atoms with Crippen molar-refractivity contribution in [1.82, 2.24) is 19.7 Å². The molecule has 16 heteroatoms. The van der Waals surface area contributed by atoms with Crippen molar-refractivity contribution in [2.24, 2.45) is 0 Å². The molecule has 1 aliphatic carbocycles. The van der Waals surface area contributed by atoms with Crippen LogP contribution in [0.5, 0.6) is 0 Å². The highest BCUT2D eigenvalue weighted by Gasteiger charge is 2.54. The lowest BCUT2D eigenvalue weighted by Crippen LogP contribution is -2.46. The minimum absolute atomic E-state index is 0.104. The lowest BCUT2D eigenvalue weighted by atomic mass is 9.96. The van der Waals surface area contributed by atoms with Gasteiger partial charge in [-0.05, 0) is 39.7 Å². The molecule has 0 bridgehead atoms. The van der Waals surface area contributed by atoms with E-state index in [1.165, 1.54) is 13.1 Å². The maximum atomic E-state index is 13.3. The Labute approximate surface area is 213 Å². The Balaban J connectivity index is 1.69. The van der Waals surface area contributed by atoms with E-state index in [9.17, 15) is 29.2 Å². The monoisotopic (exact) mass is 547 g/mol. The van der Waals surface area contributed by atoms with Gasteiger partial charge in [-0.15, -0.1) is 0 Å². The Morgan fingerprint density at radius 2 is 1.81 bits per heavy atom. The van der Waals surface area contributed by atoms with Gasteiger partial charge in [0.25, 0.3) is 0 Å². The van der Waals surface area contributed by atoms with Crippen molar-refractivity contribution in [3.8, 4) is 0 Å². The smallest absolute Gasteiger partial charge is 0.351 e. The third-order valence-electron chi connectivity index (χ3n) is 5.66. The largest absolute Gasteiger partial charge is 0.465 e. The molecular weight excluding hydrogens is 513 g/mol. The quantitative estimate of drug-likeness (QED) is 0.144. The van der Waals surface area contributed by atoms with E-state index in [0.717, 1.165) is 17.4 Å². The molecule has 37 heavy (non-hydrogen) atoms. The van der Waals surface area contributed by atoms with Gasteiger partial charge in [-0.25, -0.2) is 15.0 Å². The summed E-state index contributed by atoms with van der Waals surface area (Å²) in [5.41, 5.74) is -2.64. The maximum absolute atomic E-state index is 13.3. The van der Waals surface area contributed by atoms with Gasteiger partial charge in [-0.3, -0.25) is 18.7 Å². The summed E-state index contributed by atoms with van der Waals surface area (Å²) < 4.78 is 35.0. The summed E-state index contributed by atoms with van der Waals surface area (Å²) in [5, 5.41) is 29.5. The molecule has 4 atom stereocenters. The van der Waals surface area contributed by atoms with E-state index >= 15 is 0 Å². The summed E-state index contributed by atoms with van der Waals surface area (Å²) in [5.74, 6) is -1.03. The average molecular weight is 548 g/mol. The van der Waals surface area contributed by atoms with Crippen LogP contribution in [0.25, 0.3) is 0 Å². The molecule has 2 fully saturated rings. The van der Waals surface area contributed by atoms with Gasteiger partial charge in [0.05, 0.1) is 19.8 Å². The topological polar surface area (TPSA) is 200 Å². The van der Waals surface area contributed by atoms with E-state index in [0.29, 0.717) is 5.82 Å². The van der Waals surface area contributed by atoms with E-state index in [2.05, 4.69) is 20.5 Å². The van der Waals surface area contributed by atoms with Crippen LogP contribution in [0.1, 0.15) is 39.8 Å². The number of nitrogens with zero attached hydrogens (tertiary/aromatic N) is 2. The van der Waals surface area contributed by atoms with E-state index in [1.807, 2.05) is 0 Å². The standard InChI is InChI=1S/C21H34N5O10P/c1-4-33-16(27)10-22-37(32,23-11-17(28)34-5-2)35-12-14-18(29)21(3,31)19(36-14)26-9-8-15(25-20(26)30)24-13-6-7-13/h8-9,13-14,18-19,29,31H,4-7,10-12H2,1-3H3,(H2,22,23,32)(H,24,25,30)/t14-,18?,19+,21?/m1/s1. The number of aromatic nitrogens is 2. The minimum atomic E-state index is -4.07. The van der Waals surface area contributed by atoms with E-state index < -0.39 is 69.0 Å². The molecular formula is C21H34N5O10P. The predicted octanol–water partition coefficient (Wildman–Crippen LogP) is -0.743. The first-order chi connectivity index (χ1) is 17.5. The predicted molar refractivity (Wildman–Crippen MR) is 129 cm³/mol. The van der Waals surface area contributed by atoms with Gasteiger partial charge in [0.2, 0.25) is 0 Å². The number of carbonyl (C=O) groups is 2. The highest BCUT2D eigenvalue weighted by Crippen LogP contribution is 2.42. The van der Waals surface area contributed by atoms with E-state index in [1.54, 1.807) is 19.9 Å². The second-order valence-electron chi connectivity index (χ2n) is 8.75. The molecule has 2 unspecified atom stereocenters. The van der Waals surface area contributed by atoms with Crippen LogP contribution in [-0.2, 0) is 32.9 Å². The lowest BCUT2D eigenvalue weighted by molar-refractivity contribution is -0.142. The molecule has 1 aliphatic heterocycles. The van der Waals surface area contributed by atoms with Crippen LogP contribution >= 0.6 is 7.67 Å². The Kier molecular flexibility index (Phi) is 9.80. The molecule has 2 heterocycles. The maximum Gasteiger partial charge on any atom is 0.351 e. The molecule has 0 radical (unpaired) electrons. The van der Waals surface area contributed by atoms with Crippen molar-refractivity contribution in [2.75, 3.05) is 38.2 Å². The number of ether oxygens (including phenoxy) is 3. The Bertz CT molecular complexity index is 1040. The van der Waals surface area contributed by atoms with Crippen LogP contribution in [0.4, 0.5) is 5.82 Å². The van der Waals surface area contributed by atoms with Gasteiger partial charge in [0.1, 0.15) is 36.7 Å². The average Bonchev–Trinajstić information content (AvgIpc) is 3.63. The van der Waals surface area contributed by atoms with Gasteiger partial charge < -0.3 is 34.3 Å². The van der Waals surface area contributed by atoms with Crippen molar-refractivity contribution in [2.45, 2.75) is 63.7 Å². The molecule has 1 aromatic heterocycles. The van der Waals surface area contributed by atoms with Crippen LogP contribution in [0.2, 0.25) is 0 Å². The molecule has 15 nitrogen and oxygen atoms in total. The van der Waals surface area contributed by atoms with Gasteiger partial charge in [0, 0.05) is 12.2 Å². The first-order valence-electron chi connectivity index (χ1n) is 12.0. The minimum Gasteiger partial charge on any atom is -0.465 e.